The van der Waals surface area contributed by atoms with Crippen molar-refractivity contribution in [1.82, 2.24) is 4.98 Å². The molecule has 0 aliphatic heterocycles. The molecule has 0 atom stereocenters. The summed E-state index contributed by atoms with van der Waals surface area (Å²) in [5.74, 6) is 0.606. The van der Waals surface area contributed by atoms with Crippen LogP contribution in [0.1, 0.15) is 32.1 Å². The molecular formula is C12H19ClN2S. The van der Waals surface area contributed by atoms with Crippen molar-refractivity contribution in [2.24, 2.45) is 0 Å². The van der Waals surface area contributed by atoms with Gasteiger partial charge in [-0.15, -0.1) is 11.6 Å². The fourth-order valence-electron chi connectivity index (χ4n) is 1.42. The van der Waals surface area contributed by atoms with Crippen LogP contribution in [0.4, 0.5) is 5.13 Å². The van der Waals surface area contributed by atoms with Crippen LogP contribution >= 0.6 is 22.9 Å². The van der Waals surface area contributed by atoms with E-state index < -0.39 is 0 Å². The average Bonchev–Trinajstić information content (AvgIpc) is 2.76. The van der Waals surface area contributed by atoms with E-state index in [1.54, 1.807) is 11.3 Å². The summed E-state index contributed by atoms with van der Waals surface area (Å²) >= 11 is 7.58. The van der Waals surface area contributed by atoms with Gasteiger partial charge in [0.1, 0.15) is 0 Å². The number of hydrogen-bond donors (Lipinski definition) is 0. The number of anilines is 1. The number of thiazole rings is 1. The first-order valence-electron chi connectivity index (χ1n) is 5.71. The molecule has 0 aliphatic rings. The zero-order valence-electron chi connectivity index (χ0n) is 10.2. The molecule has 1 aromatic heterocycles. The number of aromatic nitrogens is 1. The molecule has 0 bridgehead atoms. The highest BCUT2D eigenvalue weighted by molar-refractivity contribution is 7.16. The van der Waals surface area contributed by atoms with E-state index >= 15 is 0 Å². The van der Waals surface area contributed by atoms with Crippen LogP contribution in [0.3, 0.4) is 0 Å². The largest absolute Gasteiger partial charge is 0.349 e. The molecule has 0 fully saturated rings. The molecule has 0 saturated heterocycles. The quantitative estimate of drug-likeness (QED) is 0.717. The first kappa shape index (κ1) is 13.5. The van der Waals surface area contributed by atoms with Crippen LogP contribution in [-0.4, -0.2) is 24.0 Å². The molecule has 4 heteroatoms. The fraction of sp³-hybridized carbons (Fsp3) is 0.583. The molecule has 0 unspecified atom stereocenters. The number of rotatable bonds is 6. The van der Waals surface area contributed by atoms with Gasteiger partial charge in [-0.25, -0.2) is 4.98 Å². The third-order valence-corrected chi connectivity index (χ3v) is 3.87. The zero-order valence-corrected chi connectivity index (χ0v) is 11.7. The van der Waals surface area contributed by atoms with Crippen LogP contribution in [-0.2, 0) is 0 Å². The average molecular weight is 259 g/mol. The van der Waals surface area contributed by atoms with Gasteiger partial charge in [0, 0.05) is 30.0 Å². The van der Waals surface area contributed by atoms with Gasteiger partial charge in [0.2, 0.25) is 0 Å². The van der Waals surface area contributed by atoms with Crippen molar-refractivity contribution in [2.45, 2.75) is 27.2 Å². The second-order valence-electron chi connectivity index (χ2n) is 3.51. The lowest BCUT2D eigenvalue weighted by Crippen LogP contribution is -2.21. The van der Waals surface area contributed by atoms with Crippen molar-refractivity contribution in [1.29, 1.82) is 0 Å². The Morgan fingerprint density at radius 2 is 2.12 bits per heavy atom. The highest BCUT2D eigenvalue weighted by Crippen LogP contribution is 2.24. The number of hydrogen-bond acceptors (Lipinski definition) is 3. The summed E-state index contributed by atoms with van der Waals surface area (Å²) in [4.78, 5) is 7.89. The monoisotopic (exact) mass is 258 g/mol. The van der Waals surface area contributed by atoms with E-state index in [4.69, 9.17) is 11.6 Å². The molecule has 0 amide bonds. The summed E-state index contributed by atoms with van der Waals surface area (Å²) in [6.45, 7) is 8.43. The normalized spacial score (nSPS) is 11.9. The van der Waals surface area contributed by atoms with Crippen LogP contribution in [0.25, 0.3) is 6.08 Å². The minimum atomic E-state index is 0.606. The third kappa shape index (κ3) is 3.49. The molecule has 0 spiro atoms. The van der Waals surface area contributed by atoms with Gasteiger partial charge in [-0.2, -0.15) is 0 Å². The maximum atomic E-state index is 5.85. The maximum Gasteiger partial charge on any atom is 0.185 e. The van der Waals surface area contributed by atoms with Crippen LogP contribution in [0, 0.1) is 0 Å². The molecule has 0 aromatic carbocycles. The molecular weight excluding hydrogens is 240 g/mol. The highest BCUT2D eigenvalue weighted by Gasteiger charge is 2.06. The molecule has 0 aliphatic carbocycles. The van der Waals surface area contributed by atoms with Crippen molar-refractivity contribution in [3.63, 3.8) is 0 Å². The minimum absolute atomic E-state index is 0.606. The van der Waals surface area contributed by atoms with Crippen LogP contribution in [0.15, 0.2) is 11.8 Å². The Bertz CT molecular complexity index is 337. The Kier molecular flexibility index (Phi) is 5.85. The van der Waals surface area contributed by atoms with E-state index in [0.717, 1.165) is 24.6 Å². The number of nitrogens with zero attached hydrogens (tertiary/aromatic N) is 2. The van der Waals surface area contributed by atoms with Gasteiger partial charge in [0.05, 0.1) is 0 Å². The van der Waals surface area contributed by atoms with Gasteiger partial charge in [-0.05, 0) is 26.3 Å². The lowest BCUT2D eigenvalue weighted by atomic mass is 10.2. The van der Waals surface area contributed by atoms with E-state index in [9.17, 15) is 0 Å². The second kappa shape index (κ2) is 6.92. The summed E-state index contributed by atoms with van der Waals surface area (Å²) in [5, 5.41) is 1.10. The summed E-state index contributed by atoms with van der Waals surface area (Å²) in [5.41, 5.74) is 1.26. The Labute approximate surface area is 107 Å². The van der Waals surface area contributed by atoms with Crippen LogP contribution < -0.4 is 4.90 Å². The predicted molar refractivity (Wildman–Crippen MR) is 74.7 cm³/mol. The van der Waals surface area contributed by atoms with Crippen LogP contribution in [0.2, 0.25) is 0 Å². The standard InChI is InChI=1S/C12H19ClN2S/c1-4-10(8-13)7-11-9-14-12(16-11)15(5-2)6-3/h7,9H,4-6,8H2,1-3H3. The maximum absolute atomic E-state index is 5.85. The molecule has 1 heterocycles. The first-order valence-corrected chi connectivity index (χ1v) is 7.06. The number of allylic oxidation sites excluding steroid dienone is 1. The zero-order chi connectivity index (χ0) is 12.0. The van der Waals surface area contributed by atoms with E-state index in [2.05, 4.69) is 36.7 Å². The van der Waals surface area contributed by atoms with E-state index in [1.807, 2.05) is 6.20 Å². The van der Waals surface area contributed by atoms with Gasteiger partial charge >= 0.3 is 0 Å². The summed E-state index contributed by atoms with van der Waals surface area (Å²) in [6, 6.07) is 0. The molecule has 1 aromatic rings. The molecule has 0 radical (unpaired) electrons. The fourth-order valence-corrected chi connectivity index (χ4v) is 2.72. The van der Waals surface area contributed by atoms with E-state index in [-0.39, 0.29) is 0 Å². The molecule has 0 saturated carbocycles. The molecule has 2 nitrogen and oxygen atoms in total. The van der Waals surface area contributed by atoms with Crippen molar-refractivity contribution in [3.8, 4) is 0 Å². The SMILES string of the molecule is CCC(=Cc1cnc(N(CC)CC)s1)CCl. The number of halogens is 1. The van der Waals surface area contributed by atoms with Crippen molar-refractivity contribution in [2.75, 3.05) is 23.9 Å². The molecule has 1 rings (SSSR count). The van der Waals surface area contributed by atoms with Crippen LogP contribution in [0.5, 0.6) is 0 Å². The van der Waals surface area contributed by atoms with Gasteiger partial charge in [0.15, 0.2) is 5.13 Å². The topological polar surface area (TPSA) is 16.1 Å². The third-order valence-electron chi connectivity index (χ3n) is 2.52. The highest BCUT2D eigenvalue weighted by atomic mass is 35.5. The Morgan fingerprint density at radius 1 is 1.44 bits per heavy atom. The van der Waals surface area contributed by atoms with Gasteiger partial charge in [-0.1, -0.05) is 23.8 Å². The van der Waals surface area contributed by atoms with Crippen molar-refractivity contribution in [3.05, 3.63) is 16.6 Å². The number of alkyl halides is 1. The predicted octanol–water partition coefficient (Wildman–Crippen LogP) is 4.02. The smallest absolute Gasteiger partial charge is 0.185 e. The van der Waals surface area contributed by atoms with E-state index in [1.165, 1.54) is 10.5 Å². The molecule has 0 N–H and O–H groups in total. The lowest BCUT2D eigenvalue weighted by molar-refractivity contribution is 0.860. The van der Waals surface area contributed by atoms with E-state index in [0.29, 0.717) is 5.88 Å². The lowest BCUT2D eigenvalue weighted by Gasteiger charge is -2.16. The Morgan fingerprint density at radius 3 is 2.62 bits per heavy atom. The van der Waals surface area contributed by atoms with Gasteiger partial charge in [-0.3, -0.25) is 0 Å². The van der Waals surface area contributed by atoms with Gasteiger partial charge < -0.3 is 4.90 Å². The summed E-state index contributed by atoms with van der Waals surface area (Å²) in [7, 11) is 0. The molecule has 90 valence electrons. The molecule has 16 heavy (non-hydrogen) atoms. The first-order chi connectivity index (χ1) is 7.74. The summed E-state index contributed by atoms with van der Waals surface area (Å²) in [6.07, 6.45) is 5.08. The van der Waals surface area contributed by atoms with Gasteiger partial charge in [0.25, 0.3) is 0 Å². The van der Waals surface area contributed by atoms with Crippen molar-refractivity contribution < 1.29 is 0 Å². The Hall–Kier alpha value is -0.540. The summed E-state index contributed by atoms with van der Waals surface area (Å²) < 4.78 is 0. The second-order valence-corrected chi connectivity index (χ2v) is 4.82. The Balaban J connectivity index is 2.82. The van der Waals surface area contributed by atoms with Crippen molar-refractivity contribution >= 4 is 34.1 Å². The minimum Gasteiger partial charge on any atom is -0.349 e.